The molecule has 3 fully saturated rings. The third-order valence-corrected chi connectivity index (χ3v) is 10.9. The predicted octanol–water partition coefficient (Wildman–Crippen LogP) is 4.41. The number of anilines is 1. The molecule has 5 heterocycles. The summed E-state index contributed by atoms with van der Waals surface area (Å²) in [6.45, 7) is 9.72. The minimum absolute atomic E-state index is 0.0280. The first-order valence-electron chi connectivity index (χ1n) is 15.2. The third-order valence-electron chi connectivity index (χ3n) is 9.63. The van der Waals surface area contributed by atoms with Crippen molar-refractivity contribution >= 4 is 29.2 Å². The molecule has 0 saturated carbocycles. The molecule has 240 valence electrons. The Morgan fingerprint density at radius 3 is 2.42 bits per heavy atom. The SMILES string of the molecule is C=CC(=O)N1[C@H](C)CN(C2=NC(O)N3CC(N4C[C@@H]5C[C@H]4CO5)CSc4c(-c5ccc(F)cc5)c(C(F)(F)F)cc2c43)C[C@@H]1C. The number of halogens is 4. The Morgan fingerprint density at radius 2 is 1.82 bits per heavy atom. The molecule has 8 nitrogen and oxygen atoms in total. The van der Waals surface area contributed by atoms with Crippen molar-refractivity contribution in [2.24, 2.45) is 4.99 Å². The van der Waals surface area contributed by atoms with Gasteiger partial charge in [0.05, 0.1) is 24.0 Å². The number of aliphatic hydroxyl groups excluding tert-OH is 1. The summed E-state index contributed by atoms with van der Waals surface area (Å²) in [5.74, 6) is 0.00842. The molecule has 3 saturated heterocycles. The van der Waals surface area contributed by atoms with Gasteiger partial charge < -0.3 is 24.5 Å². The first-order chi connectivity index (χ1) is 21.4. The summed E-state index contributed by atoms with van der Waals surface area (Å²) < 4.78 is 64.8. The Bertz CT molecular complexity index is 1540. The summed E-state index contributed by atoms with van der Waals surface area (Å²) in [6, 6.07) is 5.83. The zero-order valence-electron chi connectivity index (χ0n) is 25.0. The van der Waals surface area contributed by atoms with Crippen LogP contribution >= 0.6 is 11.8 Å². The number of nitrogens with zero attached hydrogens (tertiary/aromatic N) is 5. The molecule has 1 amide bonds. The van der Waals surface area contributed by atoms with Crippen molar-refractivity contribution < 1.29 is 32.2 Å². The Balaban J connectivity index is 1.38. The Morgan fingerprint density at radius 1 is 1.11 bits per heavy atom. The Kier molecular flexibility index (Phi) is 7.65. The molecule has 1 N–H and O–H groups in total. The van der Waals surface area contributed by atoms with Crippen molar-refractivity contribution in [2.45, 2.75) is 68.0 Å². The molecular weight excluding hydrogens is 610 g/mol. The molecular formula is C32H35F4N5O3S. The van der Waals surface area contributed by atoms with Crippen molar-refractivity contribution in [3.8, 4) is 11.1 Å². The molecule has 0 aliphatic carbocycles. The van der Waals surface area contributed by atoms with E-state index >= 15 is 13.2 Å². The maximum atomic E-state index is 15.0. The first-order valence-corrected chi connectivity index (χ1v) is 16.2. The molecule has 2 aromatic rings. The van der Waals surface area contributed by atoms with E-state index in [0.717, 1.165) is 19.0 Å². The number of morpholine rings is 1. The quantitative estimate of drug-likeness (QED) is 0.392. The van der Waals surface area contributed by atoms with Crippen LogP contribution in [-0.2, 0) is 15.7 Å². The van der Waals surface area contributed by atoms with Gasteiger partial charge in [0.15, 0.2) is 0 Å². The highest BCUT2D eigenvalue weighted by Gasteiger charge is 2.47. The van der Waals surface area contributed by atoms with Crippen molar-refractivity contribution in [3.05, 3.63) is 59.9 Å². The fourth-order valence-electron chi connectivity index (χ4n) is 7.74. The number of aliphatic imine (C=N–C) groups is 1. The number of hydrogen-bond donors (Lipinski definition) is 1. The fourth-order valence-corrected chi connectivity index (χ4v) is 9.14. The van der Waals surface area contributed by atoms with Crippen LogP contribution in [0, 0.1) is 5.82 Å². The van der Waals surface area contributed by atoms with E-state index in [2.05, 4.69) is 16.5 Å². The Hall–Kier alpha value is -3.13. The number of ether oxygens (including phenoxy) is 1. The number of piperazine rings is 1. The summed E-state index contributed by atoms with van der Waals surface area (Å²) in [5.41, 5.74) is 0.167. The number of carbonyl (C=O) groups is 1. The van der Waals surface area contributed by atoms with E-state index < -0.39 is 23.9 Å². The molecule has 0 aromatic heterocycles. The van der Waals surface area contributed by atoms with Gasteiger partial charge in [-0.3, -0.25) is 9.69 Å². The lowest BCUT2D eigenvalue weighted by molar-refractivity contribution is -0.137. The Labute approximate surface area is 263 Å². The van der Waals surface area contributed by atoms with Gasteiger partial charge in [-0.05, 0) is 50.1 Å². The van der Waals surface area contributed by atoms with Crippen molar-refractivity contribution in [2.75, 3.05) is 43.4 Å². The van der Waals surface area contributed by atoms with E-state index in [0.29, 0.717) is 42.6 Å². The van der Waals surface area contributed by atoms with Gasteiger partial charge in [-0.2, -0.15) is 13.2 Å². The van der Waals surface area contributed by atoms with Crippen LogP contribution in [0.1, 0.15) is 31.4 Å². The summed E-state index contributed by atoms with van der Waals surface area (Å²) in [5, 5.41) is 11.6. The lowest BCUT2D eigenvalue weighted by atomic mass is 9.93. The number of carbonyl (C=O) groups excluding carboxylic acids is 1. The number of thioether (sulfide) groups is 1. The molecule has 13 heteroatoms. The lowest BCUT2D eigenvalue weighted by Gasteiger charge is -2.47. The number of fused-ring (bicyclic) bond motifs is 2. The summed E-state index contributed by atoms with van der Waals surface area (Å²) in [7, 11) is 0. The molecule has 7 rings (SSSR count). The smallest absolute Gasteiger partial charge is 0.375 e. The number of benzene rings is 2. The highest BCUT2D eigenvalue weighted by atomic mass is 32.2. The van der Waals surface area contributed by atoms with Crippen LogP contribution in [-0.4, -0.2) is 107 Å². The normalized spacial score (nSPS) is 29.8. The number of likely N-dealkylation sites (tertiary alicyclic amines) is 1. The third kappa shape index (κ3) is 5.21. The van der Waals surface area contributed by atoms with Crippen LogP contribution in [0.4, 0.5) is 23.2 Å². The zero-order chi connectivity index (χ0) is 31.8. The highest BCUT2D eigenvalue weighted by molar-refractivity contribution is 7.99. The lowest BCUT2D eigenvalue weighted by Crippen LogP contribution is -2.60. The summed E-state index contributed by atoms with van der Waals surface area (Å²) >= 11 is 1.35. The van der Waals surface area contributed by atoms with Crippen LogP contribution in [0.15, 0.2) is 52.9 Å². The van der Waals surface area contributed by atoms with Crippen LogP contribution in [0.25, 0.3) is 11.1 Å². The zero-order valence-corrected chi connectivity index (χ0v) is 25.8. The summed E-state index contributed by atoms with van der Waals surface area (Å²) in [6.07, 6.45) is -3.74. The largest absolute Gasteiger partial charge is 0.417 e. The van der Waals surface area contributed by atoms with Gasteiger partial charge in [0, 0.05) is 72.1 Å². The second-order valence-electron chi connectivity index (χ2n) is 12.5. The molecule has 5 aliphatic heterocycles. The average Bonchev–Trinajstić information content (AvgIpc) is 3.57. The number of hydrogen-bond acceptors (Lipinski definition) is 8. The molecule has 5 aliphatic rings. The average molecular weight is 646 g/mol. The van der Waals surface area contributed by atoms with Crippen LogP contribution in [0.3, 0.4) is 0 Å². The van der Waals surface area contributed by atoms with Gasteiger partial charge in [-0.1, -0.05) is 18.7 Å². The van der Waals surface area contributed by atoms with Crippen LogP contribution in [0.5, 0.6) is 0 Å². The van der Waals surface area contributed by atoms with Gasteiger partial charge in [0.1, 0.15) is 11.7 Å². The minimum atomic E-state index is -4.73. The number of rotatable bonds is 3. The molecule has 0 spiro atoms. The number of amides is 1. The van der Waals surface area contributed by atoms with Gasteiger partial charge in [-0.25, -0.2) is 9.38 Å². The second kappa shape index (κ2) is 11.3. The number of alkyl halides is 3. The van der Waals surface area contributed by atoms with E-state index in [1.807, 2.05) is 18.7 Å². The molecule has 45 heavy (non-hydrogen) atoms. The van der Waals surface area contributed by atoms with Crippen LogP contribution in [0.2, 0.25) is 0 Å². The molecule has 2 unspecified atom stereocenters. The van der Waals surface area contributed by atoms with E-state index in [4.69, 9.17) is 4.74 Å². The van der Waals surface area contributed by atoms with Crippen molar-refractivity contribution in [1.82, 2.24) is 14.7 Å². The maximum absolute atomic E-state index is 15.0. The van der Waals surface area contributed by atoms with E-state index in [1.165, 1.54) is 42.1 Å². The standard InChI is InChI=1S/C32H35F4N5O3S/c1-4-26(42)41-17(2)11-38(12-18(41)3)30-24-10-25(32(34,35)36)27(19-5-7-20(33)8-6-19)29-28(24)40(31(43)37-30)13-22(16-45-29)39-14-23-9-21(39)15-44-23/h4-8,10,17-18,21-23,31,43H,1,9,11-16H2,2-3H3/t17-,18+,21-,22?,23-,31?/m0/s1. The minimum Gasteiger partial charge on any atom is -0.375 e. The van der Waals surface area contributed by atoms with E-state index in [1.54, 1.807) is 9.80 Å². The van der Waals surface area contributed by atoms with Gasteiger partial charge in [-0.15, -0.1) is 11.8 Å². The first kappa shape index (κ1) is 30.5. The van der Waals surface area contributed by atoms with Crippen molar-refractivity contribution in [3.63, 3.8) is 0 Å². The monoisotopic (exact) mass is 645 g/mol. The topological polar surface area (TPSA) is 71.9 Å². The molecule has 6 atom stereocenters. The maximum Gasteiger partial charge on any atom is 0.417 e. The molecule has 2 bridgehead atoms. The summed E-state index contributed by atoms with van der Waals surface area (Å²) in [4.78, 5) is 25.3. The molecule has 0 radical (unpaired) electrons. The van der Waals surface area contributed by atoms with Crippen LogP contribution < -0.4 is 4.90 Å². The van der Waals surface area contributed by atoms with E-state index in [9.17, 15) is 14.3 Å². The van der Waals surface area contributed by atoms with E-state index in [-0.39, 0.29) is 58.7 Å². The van der Waals surface area contributed by atoms with Gasteiger partial charge in [0.25, 0.3) is 0 Å². The molecule has 2 aromatic carbocycles. The van der Waals surface area contributed by atoms with Crippen molar-refractivity contribution in [1.29, 1.82) is 0 Å². The number of amidine groups is 1. The number of aliphatic hydroxyl groups is 1. The fraction of sp³-hybridized carbons (Fsp3) is 0.500. The van der Waals surface area contributed by atoms with Gasteiger partial charge in [0.2, 0.25) is 12.3 Å². The predicted molar refractivity (Wildman–Crippen MR) is 164 cm³/mol. The highest BCUT2D eigenvalue weighted by Crippen LogP contribution is 2.52. The second-order valence-corrected chi connectivity index (χ2v) is 13.6. The van der Waals surface area contributed by atoms with Gasteiger partial charge >= 0.3 is 6.18 Å².